The van der Waals surface area contributed by atoms with E-state index < -0.39 is 8.32 Å². The Hall–Kier alpha value is -0.413. The summed E-state index contributed by atoms with van der Waals surface area (Å²) in [6, 6.07) is 0. The summed E-state index contributed by atoms with van der Waals surface area (Å²) < 4.78 is 5.83. The van der Waals surface area contributed by atoms with Crippen LogP contribution in [-0.4, -0.2) is 20.7 Å². The first-order valence-corrected chi connectivity index (χ1v) is 8.35. The monoisotopic (exact) mass is 228 g/mol. The van der Waals surface area contributed by atoms with Gasteiger partial charge in [-0.1, -0.05) is 34.3 Å². The third-order valence-corrected chi connectivity index (χ3v) is 8.34. The predicted octanol–water partition coefficient (Wildman–Crippen LogP) is 3.40. The van der Waals surface area contributed by atoms with E-state index in [9.17, 15) is 4.79 Å². The minimum absolute atomic E-state index is 0.0323. The number of rotatable bonds is 6. The fourth-order valence-corrected chi connectivity index (χ4v) is 3.46. The summed E-state index contributed by atoms with van der Waals surface area (Å²) in [6.45, 7) is 16.8. The summed E-state index contributed by atoms with van der Waals surface area (Å²) in [4.78, 5) is 11.1. The lowest BCUT2D eigenvalue weighted by Crippen LogP contribution is -2.46. The van der Waals surface area contributed by atoms with Crippen molar-refractivity contribution in [1.82, 2.24) is 0 Å². The first kappa shape index (κ1) is 14.6. The molecule has 0 rings (SSSR count). The molecule has 0 aromatic heterocycles. The average Bonchev–Trinajstić information content (AvgIpc) is 2.13. The van der Waals surface area contributed by atoms with Gasteiger partial charge in [0.25, 0.3) is 0 Å². The van der Waals surface area contributed by atoms with E-state index in [-0.39, 0.29) is 17.4 Å². The highest BCUT2D eigenvalue weighted by atomic mass is 28.4. The van der Waals surface area contributed by atoms with Crippen LogP contribution in [0.5, 0.6) is 0 Å². The molecule has 0 bridgehead atoms. The summed E-state index contributed by atoms with van der Waals surface area (Å²) in [5, 5.41) is 0.161. The lowest BCUT2D eigenvalue weighted by Gasteiger charge is -2.42. The lowest BCUT2D eigenvalue weighted by atomic mass is 9.99. The van der Waals surface area contributed by atoms with Crippen molar-refractivity contribution >= 4 is 14.1 Å². The molecule has 88 valence electrons. The van der Waals surface area contributed by atoms with E-state index >= 15 is 0 Å². The summed E-state index contributed by atoms with van der Waals surface area (Å²) in [5.41, 5.74) is 0. The molecule has 0 spiro atoms. The molecule has 3 heteroatoms. The minimum Gasteiger partial charge on any atom is -0.409 e. The van der Waals surface area contributed by atoms with Gasteiger partial charge in [0.15, 0.2) is 14.1 Å². The molecule has 0 aliphatic heterocycles. The topological polar surface area (TPSA) is 26.3 Å². The highest BCUT2D eigenvalue weighted by Crippen LogP contribution is 2.44. The maximum atomic E-state index is 11.1. The Balaban J connectivity index is 4.54. The van der Waals surface area contributed by atoms with E-state index in [0.717, 1.165) is 0 Å². The van der Waals surface area contributed by atoms with Crippen molar-refractivity contribution in [2.45, 2.75) is 45.8 Å². The zero-order chi connectivity index (χ0) is 12.3. The van der Waals surface area contributed by atoms with E-state index in [4.69, 9.17) is 4.43 Å². The van der Waals surface area contributed by atoms with Crippen molar-refractivity contribution in [3.63, 3.8) is 0 Å². The van der Waals surface area contributed by atoms with Gasteiger partial charge in [0.2, 0.25) is 0 Å². The van der Waals surface area contributed by atoms with Crippen LogP contribution >= 0.6 is 0 Å². The Bertz CT molecular complexity index is 242. The molecule has 0 N–H and O–H groups in total. The van der Waals surface area contributed by atoms with E-state index in [0.29, 0.717) is 5.92 Å². The number of hydrogen-bond acceptors (Lipinski definition) is 2. The van der Waals surface area contributed by atoms with Crippen molar-refractivity contribution in [3.05, 3.63) is 12.7 Å². The molecule has 0 fully saturated rings. The van der Waals surface area contributed by atoms with Crippen molar-refractivity contribution in [2.75, 3.05) is 6.61 Å². The molecule has 0 aromatic rings. The highest BCUT2D eigenvalue weighted by molar-refractivity contribution is 6.74. The summed E-state index contributed by atoms with van der Waals surface area (Å²) in [6.07, 6.45) is 1.33. The van der Waals surface area contributed by atoms with E-state index in [1.165, 1.54) is 6.08 Å². The minimum atomic E-state index is -1.84. The van der Waals surface area contributed by atoms with Gasteiger partial charge < -0.3 is 4.43 Å². The number of carbonyl (C=O) groups is 1. The third kappa shape index (κ3) is 3.58. The highest BCUT2D eigenvalue weighted by Gasteiger charge is 2.43. The number of hydrogen-bond donors (Lipinski definition) is 0. The van der Waals surface area contributed by atoms with Gasteiger partial charge in [-0.15, -0.1) is 0 Å². The molecule has 0 amide bonds. The van der Waals surface area contributed by atoms with Crippen LogP contribution in [0.15, 0.2) is 12.7 Å². The number of carbonyl (C=O) groups excluding carboxylic acids is 1. The SMILES string of the molecule is C=CC(=O)CO[Si](C)(C)C(C)(C)C(C)C. The van der Waals surface area contributed by atoms with Gasteiger partial charge in [0.05, 0.1) is 6.61 Å². The zero-order valence-corrected chi connectivity index (χ0v) is 11.9. The first-order valence-electron chi connectivity index (χ1n) is 5.44. The average molecular weight is 228 g/mol. The molecular formula is C12H24O2Si. The Morgan fingerprint density at radius 3 is 2.27 bits per heavy atom. The van der Waals surface area contributed by atoms with Crippen molar-refractivity contribution in [1.29, 1.82) is 0 Å². The van der Waals surface area contributed by atoms with E-state index in [1.807, 2.05) is 0 Å². The Morgan fingerprint density at radius 1 is 1.47 bits per heavy atom. The quantitative estimate of drug-likeness (QED) is 0.514. The summed E-state index contributed by atoms with van der Waals surface area (Å²) in [7, 11) is -1.84. The van der Waals surface area contributed by atoms with Gasteiger partial charge in [-0.05, 0) is 30.1 Å². The normalized spacial score (nSPS) is 13.0. The van der Waals surface area contributed by atoms with Crippen molar-refractivity contribution < 1.29 is 9.22 Å². The fraction of sp³-hybridized carbons (Fsp3) is 0.750. The standard InChI is InChI=1S/C12H24O2Si/c1-8-11(13)9-14-15(6,7)12(4,5)10(2)3/h8,10H,1,9H2,2-7H3. The second kappa shape index (κ2) is 5.08. The van der Waals surface area contributed by atoms with Crippen LogP contribution in [0.3, 0.4) is 0 Å². The molecule has 0 aliphatic carbocycles. The van der Waals surface area contributed by atoms with Crippen LogP contribution in [0.1, 0.15) is 27.7 Å². The van der Waals surface area contributed by atoms with Gasteiger partial charge in [-0.2, -0.15) is 0 Å². The Labute approximate surface area is 94.8 Å². The zero-order valence-electron chi connectivity index (χ0n) is 10.9. The van der Waals surface area contributed by atoms with Crippen LogP contribution < -0.4 is 0 Å². The molecule has 15 heavy (non-hydrogen) atoms. The molecular weight excluding hydrogens is 204 g/mol. The molecule has 0 aliphatic rings. The van der Waals surface area contributed by atoms with E-state index in [1.54, 1.807) is 0 Å². The smallest absolute Gasteiger partial charge is 0.193 e. The van der Waals surface area contributed by atoms with Gasteiger partial charge in [-0.3, -0.25) is 4.79 Å². The van der Waals surface area contributed by atoms with Crippen LogP contribution in [0, 0.1) is 5.92 Å². The Kier molecular flexibility index (Phi) is 4.94. The number of ketones is 1. The molecule has 0 heterocycles. The second-order valence-electron chi connectivity index (χ2n) is 5.35. The van der Waals surface area contributed by atoms with E-state index in [2.05, 4.69) is 47.4 Å². The van der Waals surface area contributed by atoms with Gasteiger partial charge >= 0.3 is 0 Å². The largest absolute Gasteiger partial charge is 0.409 e. The summed E-state index contributed by atoms with van der Waals surface area (Å²) >= 11 is 0. The predicted molar refractivity (Wildman–Crippen MR) is 67.5 cm³/mol. The third-order valence-electron chi connectivity index (χ3n) is 3.80. The molecule has 2 nitrogen and oxygen atoms in total. The van der Waals surface area contributed by atoms with Gasteiger partial charge in [-0.25, -0.2) is 0 Å². The van der Waals surface area contributed by atoms with Crippen molar-refractivity contribution in [3.8, 4) is 0 Å². The molecule has 0 saturated heterocycles. The fourth-order valence-electron chi connectivity index (χ4n) is 1.19. The molecule has 0 radical (unpaired) electrons. The first-order chi connectivity index (χ1) is 6.65. The lowest BCUT2D eigenvalue weighted by molar-refractivity contribution is -0.116. The molecule has 0 atom stereocenters. The van der Waals surface area contributed by atoms with Crippen LogP contribution in [0.2, 0.25) is 18.1 Å². The van der Waals surface area contributed by atoms with Crippen LogP contribution in [0.4, 0.5) is 0 Å². The Morgan fingerprint density at radius 2 is 1.93 bits per heavy atom. The van der Waals surface area contributed by atoms with Crippen LogP contribution in [0.25, 0.3) is 0 Å². The van der Waals surface area contributed by atoms with Crippen molar-refractivity contribution in [2.24, 2.45) is 5.92 Å². The molecule has 0 unspecified atom stereocenters. The molecule has 0 saturated carbocycles. The van der Waals surface area contributed by atoms with Gasteiger partial charge in [0.1, 0.15) is 0 Å². The maximum Gasteiger partial charge on any atom is 0.193 e. The second-order valence-corrected chi connectivity index (χ2v) is 9.94. The van der Waals surface area contributed by atoms with Crippen LogP contribution in [-0.2, 0) is 9.22 Å². The molecule has 0 aromatic carbocycles. The van der Waals surface area contributed by atoms with Gasteiger partial charge in [0, 0.05) is 0 Å². The summed E-state index contributed by atoms with van der Waals surface area (Å²) in [5.74, 6) is 0.521. The maximum absolute atomic E-state index is 11.1.